The zero-order valence-electron chi connectivity index (χ0n) is 15.2. The van der Waals surface area contributed by atoms with Crippen LogP contribution in [0.5, 0.6) is 5.75 Å². The van der Waals surface area contributed by atoms with Crippen LogP contribution in [-0.2, 0) is 10.5 Å². The van der Waals surface area contributed by atoms with Gasteiger partial charge >= 0.3 is 0 Å². The number of hydrogen-bond acceptors (Lipinski definition) is 5. The Morgan fingerprint density at radius 2 is 1.79 bits per heavy atom. The lowest BCUT2D eigenvalue weighted by Crippen LogP contribution is -2.29. The number of hydrogen-bond donors (Lipinski definition) is 1. The quantitative estimate of drug-likeness (QED) is 0.333. The summed E-state index contributed by atoms with van der Waals surface area (Å²) in [4.78, 5) is 22.1. The first-order valence-corrected chi connectivity index (χ1v) is 9.97. The van der Waals surface area contributed by atoms with Gasteiger partial charge in [0.25, 0.3) is 5.69 Å². The highest BCUT2D eigenvalue weighted by atomic mass is 32.2. The van der Waals surface area contributed by atoms with Gasteiger partial charge in [0.05, 0.1) is 17.2 Å². The summed E-state index contributed by atoms with van der Waals surface area (Å²) in [6.45, 7) is 0.834. The van der Waals surface area contributed by atoms with E-state index in [0.29, 0.717) is 24.7 Å². The average Bonchev–Trinajstić information content (AvgIpc) is 2.71. The predicted molar refractivity (Wildman–Crippen MR) is 112 cm³/mol. The summed E-state index contributed by atoms with van der Waals surface area (Å²) in [6, 6.07) is 20.3. The molecule has 0 heterocycles. The molecule has 0 saturated heterocycles. The van der Waals surface area contributed by atoms with E-state index >= 15 is 0 Å². The second-order valence-electron chi connectivity index (χ2n) is 6.12. The maximum absolute atomic E-state index is 11.9. The minimum atomic E-state index is -0.426. The van der Waals surface area contributed by atoms with Gasteiger partial charge in [-0.05, 0) is 28.5 Å². The third-order valence-corrected chi connectivity index (χ3v) is 5.07. The zero-order chi connectivity index (χ0) is 19.8. The molecule has 1 amide bonds. The third-order valence-electron chi connectivity index (χ3n) is 4.06. The fourth-order valence-electron chi connectivity index (χ4n) is 2.64. The number of non-ortho nitro benzene ring substituents is 1. The largest absolute Gasteiger partial charge is 0.492 e. The molecule has 0 aliphatic heterocycles. The second kappa shape index (κ2) is 9.75. The van der Waals surface area contributed by atoms with Crippen LogP contribution in [0.2, 0.25) is 0 Å². The molecule has 0 spiro atoms. The van der Waals surface area contributed by atoms with Gasteiger partial charge in [-0.15, -0.1) is 11.8 Å². The van der Waals surface area contributed by atoms with Crippen LogP contribution in [0.3, 0.4) is 0 Å². The van der Waals surface area contributed by atoms with E-state index in [2.05, 4.69) is 5.32 Å². The summed E-state index contributed by atoms with van der Waals surface area (Å²) in [5.41, 5.74) is 1.01. The smallest absolute Gasteiger partial charge is 0.269 e. The van der Waals surface area contributed by atoms with Gasteiger partial charge in [0, 0.05) is 17.9 Å². The molecule has 0 unspecified atom stereocenters. The number of carbonyl (C=O) groups excluding carboxylic acids is 1. The summed E-state index contributed by atoms with van der Waals surface area (Å²) < 4.78 is 5.69. The Morgan fingerprint density at radius 1 is 1.04 bits per heavy atom. The molecule has 0 saturated carbocycles. The van der Waals surface area contributed by atoms with Crippen LogP contribution >= 0.6 is 11.8 Å². The molecule has 0 fully saturated rings. The molecule has 0 aliphatic rings. The number of carbonyl (C=O) groups is 1. The van der Waals surface area contributed by atoms with Gasteiger partial charge in [-0.1, -0.05) is 42.5 Å². The first kappa shape index (κ1) is 19.7. The lowest BCUT2D eigenvalue weighted by atomic mass is 10.1. The summed E-state index contributed by atoms with van der Waals surface area (Å²) >= 11 is 1.46. The molecule has 0 atom stereocenters. The minimum absolute atomic E-state index is 0.0611. The lowest BCUT2D eigenvalue weighted by molar-refractivity contribution is -0.384. The Labute approximate surface area is 167 Å². The van der Waals surface area contributed by atoms with Gasteiger partial charge < -0.3 is 10.1 Å². The SMILES string of the molecule is O=C(CSCc1ccc([N+](=O)[O-])cc1)NCCOc1ccc2ccccc2c1. The highest BCUT2D eigenvalue weighted by Crippen LogP contribution is 2.20. The van der Waals surface area contributed by atoms with Crippen molar-refractivity contribution in [1.82, 2.24) is 5.32 Å². The molecule has 0 aliphatic carbocycles. The number of nitrogens with one attached hydrogen (secondary N) is 1. The lowest BCUT2D eigenvalue weighted by Gasteiger charge is -2.09. The molecular weight excluding hydrogens is 376 g/mol. The van der Waals surface area contributed by atoms with Crippen molar-refractivity contribution in [2.24, 2.45) is 0 Å². The average molecular weight is 396 g/mol. The molecular formula is C21H20N2O4S. The van der Waals surface area contributed by atoms with Crippen molar-refractivity contribution in [3.8, 4) is 5.75 Å². The minimum Gasteiger partial charge on any atom is -0.492 e. The summed E-state index contributed by atoms with van der Waals surface area (Å²) in [6.07, 6.45) is 0. The fourth-order valence-corrected chi connectivity index (χ4v) is 3.46. The van der Waals surface area contributed by atoms with Gasteiger partial charge in [-0.2, -0.15) is 0 Å². The second-order valence-corrected chi connectivity index (χ2v) is 7.11. The Balaban J connectivity index is 1.33. The van der Waals surface area contributed by atoms with Crippen molar-refractivity contribution in [1.29, 1.82) is 0 Å². The molecule has 3 aromatic carbocycles. The molecule has 144 valence electrons. The number of thioether (sulfide) groups is 1. The van der Waals surface area contributed by atoms with E-state index in [1.54, 1.807) is 12.1 Å². The van der Waals surface area contributed by atoms with Crippen molar-refractivity contribution in [2.45, 2.75) is 5.75 Å². The van der Waals surface area contributed by atoms with E-state index in [1.807, 2.05) is 42.5 Å². The normalized spacial score (nSPS) is 10.6. The van der Waals surface area contributed by atoms with Crippen molar-refractivity contribution < 1.29 is 14.5 Å². The number of rotatable bonds is 9. The van der Waals surface area contributed by atoms with Crippen LogP contribution in [0.1, 0.15) is 5.56 Å². The van der Waals surface area contributed by atoms with E-state index in [9.17, 15) is 14.9 Å². The van der Waals surface area contributed by atoms with Crippen LogP contribution in [0.4, 0.5) is 5.69 Å². The van der Waals surface area contributed by atoms with Crippen LogP contribution in [0.15, 0.2) is 66.7 Å². The first-order valence-electron chi connectivity index (χ1n) is 8.81. The fraction of sp³-hybridized carbons (Fsp3) is 0.190. The number of ether oxygens (including phenoxy) is 1. The van der Waals surface area contributed by atoms with Crippen molar-refractivity contribution in [3.63, 3.8) is 0 Å². The zero-order valence-corrected chi connectivity index (χ0v) is 16.0. The Bertz CT molecular complexity index is 960. The maximum atomic E-state index is 11.9. The molecule has 3 rings (SSSR count). The highest BCUT2D eigenvalue weighted by Gasteiger charge is 2.05. The maximum Gasteiger partial charge on any atom is 0.269 e. The number of benzene rings is 3. The van der Waals surface area contributed by atoms with Crippen molar-refractivity contribution >= 4 is 34.1 Å². The first-order chi connectivity index (χ1) is 13.6. The monoisotopic (exact) mass is 396 g/mol. The molecule has 0 bridgehead atoms. The van der Waals surface area contributed by atoms with Crippen LogP contribution in [0.25, 0.3) is 10.8 Å². The Kier molecular flexibility index (Phi) is 6.86. The van der Waals surface area contributed by atoms with E-state index in [-0.39, 0.29) is 11.6 Å². The van der Waals surface area contributed by atoms with E-state index in [0.717, 1.165) is 22.1 Å². The number of nitro groups is 1. The molecule has 3 aromatic rings. The predicted octanol–water partition coefficient (Wildman–Crippen LogP) is 4.18. The van der Waals surface area contributed by atoms with E-state index in [4.69, 9.17) is 4.74 Å². The van der Waals surface area contributed by atoms with Gasteiger partial charge in [0.1, 0.15) is 12.4 Å². The topological polar surface area (TPSA) is 81.5 Å². The molecule has 28 heavy (non-hydrogen) atoms. The van der Waals surface area contributed by atoms with Crippen LogP contribution < -0.4 is 10.1 Å². The number of amides is 1. The van der Waals surface area contributed by atoms with E-state index < -0.39 is 4.92 Å². The van der Waals surface area contributed by atoms with Gasteiger partial charge in [-0.25, -0.2) is 0 Å². The molecule has 6 nitrogen and oxygen atoms in total. The van der Waals surface area contributed by atoms with Crippen molar-refractivity contribution in [3.05, 3.63) is 82.4 Å². The Morgan fingerprint density at radius 3 is 2.54 bits per heavy atom. The Hall–Kier alpha value is -3.06. The van der Waals surface area contributed by atoms with Crippen LogP contribution in [0, 0.1) is 10.1 Å². The van der Waals surface area contributed by atoms with E-state index in [1.165, 1.54) is 23.9 Å². The van der Waals surface area contributed by atoms with Crippen molar-refractivity contribution in [2.75, 3.05) is 18.9 Å². The summed E-state index contributed by atoms with van der Waals surface area (Å²) in [7, 11) is 0. The molecule has 7 heteroatoms. The summed E-state index contributed by atoms with van der Waals surface area (Å²) in [5.74, 6) is 1.67. The van der Waals surface area contributed by atoms with Gasteiger partial charge in [0.2, 0.25) is 5.91 Å². The molecule has 1 N–H and O–H groups in total. The van der Waals surface area contributed by atoms with Gasteiger partial charge in [-0.3, -0.25) is 14.9 Å². The summed E-state index contributed by atoms with van der Waals surface area (Å²) in [5, 5.41) is 15.7. The standard InChI is InChI=1S/C21H20N2O4S/c24-21(15-28-14-16-5-8-19(9-6-16)23(25)26)22-11-12-27-20-10-7-17-3-1-2-4-18(17)13-20/h1-10,13H,11-12,14-15H2,(H,22,24). The number of nitro benzene ring substituents is 1. The number of nitrogens with zero attached hydrogens (tertiary/aromatic N) is 1. The molecule has 0 aromatic heterocycles. The van der Waals surface area contributed by atoms with Gasteiger partial charge in [0.15, 0.2) is 0 Å². The van der Waals surface area contributed by atoms with Crippen LogP contribution in [-0.4, -0.2) is 29.7 Å². The third kappa shape index (κ3) is 5.72. The number of fused-ring (bicyclic) bond motifs is 1. The molecule has 0 radical (unpaired) electrons. The highest BCUT2D eigenvalue weighted by molar-refractivity contribution is 7.99.